The van der Waals surface area contributed by atoms with Gasteiger partial charge in [0.1, 0.15) is 5.54 Å². The first-order valence-electron chi connectivity index (χ1n) is 9.62. The second-order valence-electron chi connectivity index (χ2n) is 6.76. The van der Waals surface area contributed by atoms with E-state index in [4.69, 9.17) is 0 Å². The van der Waals surface area contributed by atoms with Crippen LogP contribution in [0, 0.1) is 0 Å². The van der Waals surface area contributed by atoms with Crippen LogP contribution in [0.5, 0.6) is 0 Å². The van der Waals surface area contributed by atoms with Crippen molar-refractivity contribution in [2.45, 2.75) is 5.54 Å². The topological polar surface area (TPSA) is 46.9 Å². The van der Waals surface area contributed by atoms with Crippen LogP contribution in [0.15, 0.2) is 110 Å². The summed E-state index contributed by atoms with van der Waals surface area (Å²) in [7, 11) is 1.94. The molecule has 0 aliphatic rings. The molecule has 1 N–H and O–H groups in total. The zero-order valence-corrected chi connectivity index (χ0v) is 16.8. The molecule has 0 radical (unpaired) electrons. The molecule has 4 aromatic rings. The van der Waals surface area contributed by atoms with Gasteiger partial charge >= 0.3 is 0 Å². The van der Waals surface area contributed by atoms with Gasteiger partial charge in [0.05, 0.1) is 6.33 Å². The number of benzene rings is 3. The van der Waals surface area contributed by atoms with Crippen LogP contribution in [0.25, 0.3) is 0 Å². The fourth-order valence-corrected chi connectivity index (χ4v) is 3.35. The fraction of sp³-hybridized carbons (Fsp3) is 0.120. The Morgan fingerprint density at radius 1 is 0.867 bits per heavy atom. The Hall–Kier alpha value is -3.73. The molecule has 4 nitrogen and oxygen atoms in total. The lowest BCUT2D eigenvalue weighted by Crippen LogP contribution is -2.48. The standard InChI is InChI=1S/C21H18FNO.C4H6N2/c22-16-20(24)23-21(17-10-4-1-5-11-17,18-12-6-2-7-13-18)19-14-8-3-9-15-19;1-6-3-2-5-4-6/h1-15H,16H2,(H,23,24);2-4H,1H3. The Bertz CT molecular complexity index is 923. The first-order valence-corrected chi connectivity index (χ1v) is 9.62. The van der Waals surface area contributed by atoms with Crippen molar-refractivity contribution in [3.63, 3.8) is 0 Å². The number of carbonyl (C=O) groups is 1. The van der Waals surface area contributed by atoms with Gasteiger partial charge in [0, 0.05) is 19.4 Å². The van der Waals surface area contributed by atoms with Crippen molar-refractivity contribution in [1.29, 1.82) is 0 Å². The maximum absolute atomic E-state index is 13.1. The van der Waals surface area contributed by atoms with Gasteiger partial charge in [-0.1, -0.05) is 91.0 Å². The number of carbonyl (C=O) groups excluding carboxylic acids is 1. The highest BCUT2D eigenvalue weighted by molar-refractivity contribution is 5.80. The highest BCUT2D eigenvalue weighted by Gasteiger charge is 2.37. The minimum Gasteiger partial charge on any atom is -0.341 e. The highest BCUT2D eigenvalue weighted by atomic mass is 19.1. The molecule has 0 unspecified atom stereocenters. The second kappa shape index (κ2) is 10.2. The number of imidazole rings is 1. The van der Waals surface area contributed by atoms with Crippen molar-refractivity contribution in [2.75, 3.05) is 6.67 Å². The summed E-state index contributed by atoms with van der Waals surface area (Å²) in [5.41, 5.74) is 1.70. The van der Waals surface area contributed by atoms with Gasteiger partial charge in [0.15, 0.2) is 6.67 Å². The quantitative estimate of drug-likeness (QED) is 0.501. The number of aromatic nitrogens is 2. The van der Waals surface area contributed by atoms with Crippen LogP contribution in [0.1, 0.15) is 16.7 Å². The predicted octanol–water partition coefficient (Wildman–Crippen LogP) is 4.48. The molecule has 30 heavy (non-hydrogen) atoms. The average molecular weight is 401 g/mol. The number of nitrogens with one attached hydrogen (secondary N) is 1. The number of hydrogen-bond donors (Lipinski definition) is 1. The summed E-state index contributed by atoms with van der Waals surface area (Å²) in [6, 6.07) is 28.9. The molecule has 4 rings (SSSR count). The zero-order chi connectivity index (χ0) is 21.2. The van der Waals surface area contributed by atoms with Crippen LogP contribution in [-0.2, 0) is 17.4 Å². The van der Waals surface area contributed by atoms with Crippen molar-refractivity contribution in [1.82, 2.24) is 14.9 Å². The molecule has 5 heteroatoms. The Labute approximate surface area is 176 Å². The molecule has 1 aromatic heterocycles. The summed E-state index contributed by atoms with van der Waals surface area (Å²) < 4.78 is 14.9. The lowest BCUT2D eigenvalue weighted by Gasteiger charge is -2.36. The summed E-state index contributed by atoms with van der Waals surface area (Å²) in [6.07, 6.45) is 5.39. The molecule has 3 aromatic carbocycles. The van der Waals surface area contributed by atoms with Gasteiger partial charge < -0.3 is 9.88 Å². The van der Waals surface area contributed by atoms with Gasteiger partial charge in [-0.15, -0.1) is 0 Å². The molecule has 0 aliphatic heterocycles. The smallest absolute Gasteiger partial charge is 0.252 e. The second-order valence-corrected chi connectivity index (χ2v) is 6.76. The first kappa shape index (κ1) is 21.0. The van der Waals surface area contributed by atoms with Crippen molar-refractivity contribution >= 4 is 5.91 Å². The maximum Gasteiger partial charge on any atom is 0.252 e. The van der Waals surface area contributed by atoms with Crippen LogP contribution < -0.4 is 5.32 Å². The minimum absolute atomic E-state index is 0.647. The SMILES string of the molecule is Cn1ccnc1.O=C(CF)NC(c1ccccc1)(c1ccccc1)c1ccccc1. The lowest BCUT2D eigenvalue weighted by atomic mass is 9.77. The Morgan fingerprint density at radius 2 is 1.30 bits per heavy atom. The molecule has 0 atom stereocenters. The van der Waals surface area contributed by atoms with Crippen molar-refractivity contribution in [3.8, 4) is 0 Å². The molecular formula is C25H24FN3O. The van der Waals surface area contributed by atoms with E-state index in [-0.39, 0.29) is 0 Å². The third kappa shape index (κ3) is 4.81. The largest absolute Gasteiger partial charge is 0.341 e. The van der Waals surface area contributed by atoms with Gasteiger partial charge in [0.2, 0.25) is 0 Å². The number of rotatable bonds is 5. The summed E-state index contributed by atoms with van der Waals surface area (Å²) >= 11 is 0. The van der Waals surface area contributed by atoms with Crippen molar-refractivity contribution in [2.24, 2.45) is 7.05 Å². The predicted molar refractivity (Wildman–Crippen MR) is 117 cm³/mol. The molecule has 0 fully saturated rings. The van der Waals surface area contributed by atoms with Crippen molar-refractivity contribution < 1.29 is 9.18 Å². The lowest BCUT2D eigenvalue weighted by molar-refractivity contribution is -0.123. The number of aryl methyl sites for hydroxylation is 1. The third-order valence-corrected chi connectivity index (χ3v) is 4.71. The highest BCUT2D eigenvalue weighted by Crippen LogP contribution is 2.36. The van der Waals surface area contributed by atoms with Gasteiger partial charge in [-0.3, -0.25) is 4.79 Å². The number of amides is 1. The van der Waals surface area contributed by atoms with E-state index in [1.54, 1.807) is 12.5 Å². The Morgan fingerprint density at radius 3 is 1.57 bits per heavy atom. The first-order chi connectivity index (χ1) is 14.7. The molecule has 0 aliphatic carbocycles. The molecule has 0 bridgehead atoms. The summed E-state index contributed by atoms with van der Waals surface area (Å²) in [5, 5.41) is 2.92. The van der Waals surface area contributed by atoms with Gasteiger partial charge in [-0.05, 0) is 16.7 Å². The molecule has 1 heterocycles. The van der Waals surface area contributed by atoms with Crippen LogP contribution in [-0.4, -0.2) is 22.1 Å². The van der Waals surface area contributed by atoms with Crippen LogP contribution in [0.4, 0.5) is 4.39 Å². The third-order valence-electron chi connectivity index (χ3n) is 4.71. The summed E-state index contributed by atoms with van der Waals surface area (Å²) in [5.74, 6) is -0.647. The van der Waals surface area contributed by atoms with E-state index in [9.17, 15) is 9.18 Å². The van der Waals surface area contributed by atoms with E-state index >= 15 is 0 Å². The van der Waals surface area contributed by atoms with E-state index in [0.29, 0.717) is 0 Å². The van der Waals surface area contributed by atoms with E-state index in [1.807, 2.05) is 109 Å². The fourth-order valence-electron chi connectivity index (χ4n) is 3.35. The summed E-state index contributed by atoms with van der Waals surface area (Å²) in [6.45, 7) is -1.06. The van der Waals surface area contributed by atoms with Gasteiger partial charge in [-0.25, -0.2) is 9.37 Å². The molecule has 0 saturated carbocycles. The molecule has 0 spiro atoms. The minimum atomic E-state index is -1.06. The van der Waals surface area contributed by atoms with Crippen LogP contribution in [0.2, 0.25) is 0 Å². The van der Waals surface area contributed by atoms with Gasteiger partial charge in [-0.2, -0.15) is 0 Å². The average Bonchev–Trinajstić information content (AvgIpc) is 3.30. The number of alkyl halides is 1. The maximum atomic E-state index is 13.1. The molecule has 152 valence electrons. The Balaban J connectivity index is 0.000000367. The number of halogens is 1. The van der Waals surface area contributed by atoms with E-state index in [0.717, 1.165) is 16.7 Å². The number of nitrogens with zero attached hydrogens (tertiary/aromatic N) is 2. The van der Waals surface area contributed by atoms with E-state index < -0.39 is 18.1 Å². The van der Waals surface area contributed by atoms with E-state index in [1.165, 1.54) is 0 Å². The van der Waals surface area contributed by atoms with Crippen molar-refractivity contribution in [3.05, 3.63) is 126 Å². The summed E-state index contributed by atoms with van der Waals surface area (Å²) in [4.78, 5) is 15.8. The van der Waals surface area contributed by atoms with E-state index in [2.05, 4.69) is 10.3 Å². The normalized spacial score (nSPS) is 10.6. The monoisotopic (exact) mass is 401 g/mol. The molecular weight excluding hydrogens is 377 g/mol. The number of hydrogen-bond acceptors (Lipinski definition) is 2. The Kier molecular flexibility index (Phi) is 7.11. The van der Waals surface area contributed by atoms with Gasteiger partial charge in [0.25, 0.3) is 5.91 Å². The molecule has 0 saturated heterocycles. The van der Waals surface area contributed by atoms with Crippen LogP contribution in [0.3, 0.4) is 0 Å². The molecule has 1 amide bonds. The zero-order valence-electron chi connectivity index (χ0n) is 16.8. The van der Waals surface area contributed by atoms with Crippen LogP contribution >= 0.6 is 0 Å².